The smallest absolute Gasteiger partial charge is 0.229 e. The van der Waals surface area contributed by atoms with Gasteiger partial charge in [0.05, 0.1) is 5.69 Å². The molecule has 0 aliphatic carbocycles. The molecule has 1 aromatic heterocycles. The topological polar surface area (TPSA) is 64.5 Å². The predicted molar refractivity (Wildman–Crippen MR) is 98.5 cm³/mol. The van der Waals surface area contributed by atoms with Crippen LogP contribution in [0, 0.1) is 5.82 Å². The average molecular weight is 367 g/mol. The second-order valence-electron chi connectivity index (χ2n) is 5.67. The summed E-state index contributed by atoms with van der Waals surface area (Å²) in [6, 6.07) is 14.4. The summed E-state index contributed by atoms with van der Waals surface area (Å²) in [6.07, 6.45) is 1.58. The molecule has 1 heterocycles. The molecule has 138 valence electrons. The van der Waals surface area contributed by atoms with Crippen molar-refractivity contribution in [2.45, 2.75) is 13.5 Å². The zero-order valence-electron chi connectivity index (χ0n) is 14.9. The van der Waals surface area contributed by atoms with Gasteiger partial charge in [-0.05, 0) is 54.6 Å². The number of benzene rings is 2. The van der Waals surface area contributed by atoms with Gasteiger partial charge in [-0.2, -0.15) is 0 Å². The van der Waals surface area contributed by atoms with Crippen molar-refractivity contribution >= 4 is 17.4 Å². The van der Waals surface area contributed by atoms with Gasteiger partial charge in [0.25, 0.3) is 0 Å². The largest absolute Gasteiger partial charge is 0.457 e. The van der Waals surface area contributed by atoms with Crippen LogP contribution in [0.25, 0.3) is 0 Å². The molecule has 0 unspecified atom stereocenters. The number of rotatable bonds is 6. The molecule has 0 saturated heterocycles. The van der Waals surface area contributed by atoms with Crippen molar-refractivity contribution < 1.29 is 18.7 Å². The Bertz CT molecular complexity index is 915. The Hall–Kier alpha value is -3.32. The summed E-state index contributed by atoms with van der Waals surface area (Å²) >= 11 is 0. The molecule has 27 heavy (non-hydrogen) atoms. The highest BCUT2D eigenvalue weighted by molar-refractivity contribution is 5.98. The second-order valence-corrected chi connectivity index (χ2v) is 5.67. The van der Waals surface area contributed by atoms with E-state index in [1.165, 1.54) is 24.0 Å². The van der Waals surface area contributed by atoms with E-state index in [4.69, 9.17) is 9.47 Å². The number of methoxy groups -OCH3 is 1. The highest BCUT2D eigenvalue weighted by Crippen LogP contribution is 2.28. The van der Waals surface area contributed by atoms with Gasteiger partial charge in [0.15, 0.2) is 5.82 Å². The van der Waals surface area contributed by atoms with E-state index in [-0.39, 0.29) is 18.3 Å². The lowest BCUT2D eigenvalue weighted by Gasteiger charge is -2.20. The number of amides is 1. The second kappa shape index (κ2) is 8.37. The summed E-state index contributed by atoms with van der Waals surface area (Å²) in [4.78, 5) is 22.1. The number of nitrogens with zero attached hydrogens (tertiary/aromatic N) is 3. The van der Waals surface area contributed by atoms with Crippen LogP contribution in [0.15, 0.2) is 60.8 Å². The van der Waals surface area contributed by atoms with Crippen LogP contribution >= 0.6 is 0 Å². The lowest BCUT2D eigenvalue weighted by molar-refractivity contribution is -0.115. The maximum atomic E-state index is 13.0. The minimum absolute atomic E-state index is 0.190. The summed E-state index contributed by atoms with van der Waals surface area (Å²) in [5.41, 5.74) is 0.635. The summed E-state index contributed by atoms with van der Waals surface area (Å²) in [6.45, 7) is 1.71. The standard InChI is InChI=1S/C20H18FN3O3/c1-14(25)24(20-11-12-22-19(23-20)13-26-2)16-5-9-18(10-6-16)27-17-7-3-15(21)4-8-17/h3-12H,13H2,1-2H3. The van der Waals surface area contributed by atoms with Crippen molar-refractivity contribution in [3.05, 3.63) is 72.4 Å². The predicted octanol–water partition coefficient (Wildman–Crippen LogP) is 4.24. The first-order chi connectivity index (χ1) is 13.1. The molecule has 7 heteroatoms. The van der Waals surface area contributed by atoms with E-state index in [0.717, 1.165) is 0 Å². The maximum Gasteiger partial charge on any atom is 0.229 e. The molecule has 0 fully saturated rings. The highest BCUT2D eigenvalue weighted by Gasteiger charge is 2.16. The molecule has 3 rings (SSSR count). The number of hydrogen-bond acceptors (Lipinski definition) is 5. The average Bonchev–Trinajstić information content (AvgIpc) is 2.66. The Morgan fingerprint density at radius 1 is 1.04 bits per heavy atom. The fraction of sp³-hybridized carbons (Fsp3) is 0.150. The molecule has 0 radical (unpaired) electrons. The van der Waals surface area contributed by atoms with Gasteiger partial charge in [0, 0.05) is 20.2 Å². The Kier molecular flexibility index (Phi) is 5.73. The van der Waals surface area contributed by atoms with Crippen molar-refractivity contribution in [1.29, 1.82) is 0 Å². The van der Waals surface area contributed by atoms with Gasteiger partial charge in [-0.1, -0.05) is 0 Å². The van der Waals surface area contributed by atoms with Gasteiger partial charge in [-0.3, -0.25) is 9.69 Å². The van der Waals surface area contributed by atoms with Crippen molar-refractivity contribution in [2.75, 3.05) is 12.0 Å². The molecular weight excluding hydrogens is 349 g/mol. The van der Waals surface area contributed by atoms with Gasteiger partial charge in [0.2, 0.25) is 5.91 Å². The monoisotopic (exact) mass is 367 g/mol. The molecule has 0 bridgehead atoms. The van der Waals surface area contributed by atoms with Crippen molar-refractivity contribution in [2.24, 2.45) is 0 Å². The third-order valence-electron chi connectivity index (χ3n) is 3.65. The summed E-state index contributed by atoms with van der Waals surface area (Å²) in [5, 5.41) is 0. The SMILES string of the molecule is COCc1nccc(N(C(C)=O)c2ccc(Oc3ccc(F)cc3)cc2)n1. The number of anilines is 2. The van der Waals surface area contributed by atoms with Crippen LogP contribution in [0.2, 0.25) is 0 Å². The molecule has 0 N–H and O–H groups in total. The summed E-state index contributed by atoms with van der Waals surface area (Å²) in [5.74, 6) is 1.51. The normalized spacial score (nSPS) is 10.5. The van der Waals surface area contributed by atoms with E-state index >= 15 is 0 Å². The van der Waals surface area contributed by atoms with Crippen molar-refractivity contribution in [3.63, 3.8) is 0 Å². The van der Waals surface area contributed by atoms with Crippen LogP contribution in [0.1, 0.15) is 12.7 Å². The molecule has 0 saturated carbocycles. The number of ether oxygens (including phenoxy) is 2. The maximum absolute atomic E-state index is 13.0. The molecule has 2 aromatic carbocycles. The van der Waals surface area contributed by atoms with E-state index in [9.17, 15) is 9.18 Å². The van der Waals surface area contributed by atoms with Gasteiger partial charge < -0.3 is 9.47 Å². The molecule has 0 spiro atoms. The first-order valence-corrected chi connectivity index (χ1v) is 8.22. The Morgan fingerprint density at radius 2 is 1.67 bits per heavy atom. The molecule has 6 nitrogen and oxygen atoms in total. The van der Waals surface area contributed by atoms with Crippen LogP contribution in [0.5, 0.6) is 11.5 Å². The van der Waals surface area contributed by atoms with Crippen molar-refractivity contribution in [1.82, 2.24) is 9.97 Å². The van der Waals surface area contributed by atoms with Crippen LogP contribution < -0.4 is 9.64 Å². The van der Waals surface area contributed by atoms with Crippen LogP contribution in [-0.4, -0.2) is 23.0 Å². The highest BCUT2D eigenvalue weighted by atomic mass is 19.1. The van der Waals surface area contributed by atoms with E-state index in [1.807, 2.05) is 0 Å². The number of carbonyl (C=O) groups excluding carboxylic acids is 1. The van der Waals surface area contributed by atoms with E-state index < -0.39 is 0 Å². The van der Waals surface area contributed by atoms with Crippen LogP contribution in [0.4, 0.5) is 15.9 Å². The van der Waals surface area contributed by atoms with Gasteiger partial charge in [0.1, 0.15) is 29.7 Å². The molecule has 3 aromatic rings. The minimum atomic E-state index is -0.326. The number of carbonyl (C=O) groups is 1. The van der Waals surface area contributed by atoms with Crippen LogP contribution in [-0.2, 0) is 16.1 Å². The van der Waals surface area contributed by atoms with Crippen LogP contribution in [0.3, 0.4) is 0 Å². The number of halogens is 1. The Balaban J connectivity index is 1.83. The zero-order chi connectivity index (χ0) is 19.2. The number of aromatic nitrogens is 2. The molecule has 1 amide bonds. The minimum Gasteiger partial charge on any atom is -0.457 e. The van der Waals surface area contributed by atoms with E-state index in [1.54, 1.807) is 55.8 Å². The van der Waals surface area contributed by atoms with Gasteiger partial charge in [-0.15, -0.1) is 0 Å². The lowest BCUT2D eigenvalue weighted by atomic mass is 10.2. The fourth-order valence-corrected chi connectivity index (χ4v) is 2.49. The third-order valence-corrected chi connectivity index (χ3v) is 3.65. The molecular formula is C20H18FN3O3. The lowest BCUT2D eigenvalue weighted by Crippen LogP contribution is -2.24. The van der Waals surface area contributed by atoms with E-state index in [2.05, 4.69) is 9.97 Å². The van der Waals surface area contributed by atoms with Gasteiger partial charge in [-0.25, -0.2) is 14.4 Å². The Labute approximate surface area is 156 Å². The molecule has 0 atom stereocenters. The molecule has 0 aliphatic rings. The van der Waals surface area contributed by atoms with Gasteiger partial charge >= 0.3 is 0 Å². The Morgan fingerprint density at radius 3 is 2.26 bits per heavy atom. The van der Waals surface area contributed by atoms with Crippen molar-refractivity contribution in [3.8, 4) is 11.5 Å². The molecule has 0 aliphatic heterocycles. The number of hydrogen-bond donors (Lipinski definition) is 0. The quantitative estimate of drug-likeness (QED) is 0.652. The first kappa shape index (κ1) is 18.5. The summed E-state index contributed by atoms with van der Waals surface area (Å²) in [7, 11) is 1.55. The third kappa shape index (κ3) is 4.65. The first-order valence-electron chi connectivity index (χ1n) is 8.22. The van der Waals surface area contributed by atoms with E-state index in [0.29, 0.717) is 28.8 Å². The fourth-order valence-electron chi connectivity index (χ4n) is 2.49. The zero-order valence-corrected chi connectivity index (χ0v) is 14.9. The summed E-state index contributed by atoms with van der Waals surface area (Å²) < 4.78 is 23.7.